The molecule has 0 aliphatic carbocycles. The fourth-order valence-electron chi connectivity index (χ4n) is 3.10. The molecule has 172 valence electrons. The van der Waals surface area contributed by atoms with Crippen LogP contribution in [0.15, 0.2) is 18.2 Å². The maximum absolute atomic E-state index is 13.3. The van der Waals surface area contributed by atoms with Crippen LogP contribution in [0.5, 0.6) is 0 Å². The van der Waals surface area contributed by atoms with E-state index in [1.54, 1.807) is 36.7 Å². The van der Waals surface area contributed by atoms with Crippen molar-refractivity contribution in [3.63, 3.8) is 0 Å². The third-order valence-electron chi connectivity index (χ3n) is 4.64. The first-order valence-electron chi connectivity index (χ1n) is 9.09. The van der Waals surface area contributed by atoms with E-state index in [0.29, 0.717) is 38.3 Å². The second kappa shape index (κ2) is 9.68. The van der Waals surface area contributed by atoms with E-state index in [0.717, 1.165) is 5.56 Å². The Morgan fingerprint density at radius 1 is 1.06 bits per heavy atom. The van der Waals surface area contributed by atoms with Gasteiger partial charge in [0, 0.05) is 10.0 Å². The second-order valence-corrected chi connectivity index (χ2v) is 8.05. The third kappa shape index (κ3) is 5.02. The van der Waals surface area contributed by atoms with Crippen molar-refractivity contribution in [3.05, 3.63) is 61.6 Å². The fraction of sp³-hybridized carbons (Fsp3) is 0.316. The number of nitrogens with zero attached hydrogens (tertiary/aromatic N) is 4. The smallest absolute Gasteiger partial charge is 0.283 e. The van der Waals surface area contributed by atoms with E-state index in [4.69, 9.17) is 34.8 Å². The van der Waals surface area contributed by atoms with E-state index in [2.05, 4.69) is 15.5 Å². The van der Waals surface area contributed by atoms with Gasteiger partial charge in [0.15, 0.2) is 0 Å². The summed E-state index contributed by atoms with van der Waals surface area (Å²) in [6, 6.07) is 5.02. The average molecular weight is 513 g/mol. The number of rotatable bonds is 7. The molecule has 0 bridgehead atoms. The Labute approximate surface area is 195 Å². The third-order valence-corrected chi connectivity index (χ3v) is 5.62. The number of hydrogen-bond acceptors (Lipinski definition) is 3. The summed E-state index contributed by atoms with van der Waals surface area (Å²) >= 11 is 17.7. The molecule has 0 fully saturated rings. The molecule has 3 aromatic rings. The average Bonchev–Trinajstić information content (AvgIpc) is 3.15. The largest absolute Gasteiger partial charge is 0.321 e. The van der Waals surface area contributed by atoms with Gasteiger partial charge in [0.05, 0.1) is 28.6 Å². The van der Waals surface area contributed by atoms with E-state index in [1.165, 1.54) is 0 Å². The van der Waals surface area contributed by atoms with Gasteiger partial charge in [-0.1, -0.05) is 40.9 Å². The number of aryl methyl sites for hydroxylation is 1. The van der Waals surface area contributed by atoms with Crippen molar-refractivity contribution in [2.75, 3.05) is 5.32 Å². The highest BCUT2D eigenvalue weighted by atomic mass is 35.5. The molecule has 13 heteroatoms. The Hall–Kier alpha value is -2.30. The molecule has 6 nitrogen and oxygen atoms in total. The van der Waals surface area contributed by atoms with E-state index in [-0.39, 0.29) is 0 Å². The molecule has 0 saturated heterocycles. The zero-order chi connectivity index (χ0) is 23.7. The van der Waals surface area contributed by atoms with Gasteiger partial charge in [-0.2, -0.15) is 10.2 Å². The highest BCUT2D eigenvalue weighted by molar-refractivity contribution is 6.35. The fourth-order valence-corrected chi connectivity index (χ4v) is 3.87. The summed E-state index contributed by atoms with van der Waals surface area (Å²) in [4.78, 5) is 12.5. The number of aromatic nitrogens is 4. The van der Waals surface area contributed by atoms with Crippen LogP contribution in [0.1, 0.15) is 41.2 Å². The van der Waals surface area contributed by atoms with Gasteiger partial charge in [0.1, 0.15) is 17.9 Å². The molecule has 1 amide bonds. The second-order valence-electron chi connectivity index (χ2n) is 6.83. The van der Waals surface area contributed by atoms with E-state index in [1.807, 2.05) is 0 Å². The van der Waals surface area contributed by atoms with Crippen LogP contribution in [0.2, 0.25) is 15.1 Å². The highest BCUT2D eigenvalue weighted by Crippen LogP contribution is 2.34. The summed E-state index contributed by atoms with van der Waals surface area (Å²) in [6.45, 7) is 2.90. The Morgan fingerprint density at radius 3 is 2.34 bits per heavy atom. The summed E-state index contributed by atoms with van der Waals surface area (Å²) in [7, 11) is 0. The quantitative estimate of drug-likeness (QED) is 0.382. The van der Waals surface area contributed by atoms with E-state index >= 15 is 0 Å². The van der Waals surface area contributed by atoms with Crippen molar-refractivity contribution in [1.82, 2.24) is 19.6 Å². The lowest BCUT2D eigenvalue weighted by molar-refractivity contribution is -0.117. The molecule has 2 aromatic heterocycles. The van der Waals surface area contributed by atoms with Gasteiger partial charge in [-0.15, -0.1) is 0 Å². The molecule has 1 aromatic carbocycles. The number of carbonyl (C=O) groups is 1. The van der Waals surface area contributed by atoms with Gasteiger partial charge in [-0.05, 0) is 31.5 Å². The van der Waals surface area contributed by atoms with Crippen LogP contribution in [0.25, 0.3) is 0 Å². The molecule has 3 rings (SSSR count). The van der Waals surface area contributed by atoms with Crippen molar-refractivity contribution in [1.29, 1.82) is 0 Å². The number of anilines is 1. The minimum Gasteiger partial charge on any atom is -0.321 e. The lowest BCUT2D eigenvalue weighted by Gasteiger charge is -2.10. The topological polar surface area (TPSA) is 64.7 Å². The van der Waals surface area contributed by atoms with E-state index < -0.39 is 41.7 Å². The van der Waals surface area contributed by atoms with Crippen molar-refractivity contribution in [3.8, 4) is 0 Å². The van der Waals surface area contributed by atoms with Gasteiger partial charge in [0.2, 0.25) is 5.91 Å². The maximum Gasteiger partial charge on any atom is 0.283 e. The zero-order valence-corrected chi connectivity index (χ0v) is 18.9. The molecule has 0 saturated carbocycles. The lowest BCUT2D eigenvalue weighted by Crippen LogP contribution is -2.22. The molecule has 0 atom stereocenters. The maximum atomic E-state index is 13.3. The summed E-state index contributed by atoms with van der Waals surface area (Å²) in [6.07, 6.45) is -6.35. The minimum atomic E-state index is -3.19. The van der Waals surface area contributed by atoms with Crippen LogP contribution >= 0.6 is 34.8 Å². The van der Waals surface area contributed by atoms with Gasteiger partial charge in [0.25, 0.3) is 12.9 Å². The molecule has 2 heterocycles. The first-order chi connectivity index (χ1) is 15.0. The van der Waals surface area contributed by atoms with Crippen molar-refractivity contribution in [2.45, 2.75) is 39.8 Å². The van der Waals surface area contributed by atoms with Crippen LogP contribution in [0.4, 0.5) is 23.2 Å². The van der Waals surface area contributed by atoms with Gasteiger partial charge >= 0.3 is 0 Å². The van der Waals surface area contributed by atoms with Crippen LogP contribution in [0.3, 0.4) is 0 Å². The van der Waals surface area contributed by atoms with Crippen molar-refractivity contribution < 1.29 is 22.4 Å². The zero-order valence-electron chi connectivity index (χ0n) is 16.6. The Morgan fingerprint density at radius 2 is 1.75 bits per heavy atom. The van der Waals surface area contributed by atoms with Crippen molar-refractivity contribution >= 4 is 46.4 Å². The Kier molecular flexibility index (Phi) is 7.36. The van der Waals surface area contributed by atoms with Crippen LogP contribution < -0.4 is 5.32 Å². The van der Waals surface area contributed by atoms with Gasteiger partial charge in [-0.25, -0.2) is 17.6 Å². The molecule has 0 aliphatic heterocycles. The normalized spacial score (nSPS) is 11.6. The molecule has 32 heavy (non-hydrogen) atoms. The van der Waals surface area contributed by atoms with Crippen molar-refractivity contribution in [2.24, 2.45) is 0 Å². The van der Waals surface area contributed by atoms with Gasteiger partial charge in [-0.3, -0.25) is 14.2 Å². The molecule has 1 N–H and O–H groups in total. The van der Waals surface area contributed by atoms with E-state index in [9.17, 15) is 22.4 Å². The lowest BCUT2D eigenvalue weighted by atomic mass is 10.2. The Bertz CT molecular complexity index is 1160. The monoisotopic (exact) mass is 511 g/mol. The SMILES string of the molecule is Cc1nn(Cc2ccc(Cl)cc2Cl)c(C)c1NC(=O)Cn1nc(C(F)F)c(Cl)c1C(F)F. The predicted octanol–water partition coefficient (Wildman–Crippen LogP) is 6.22. The summed E-state index contributed by atoms with van der Waals surface area (Å²) in [5, 5.41) is 10.4. The highest BCUT2D eigenvalue weighted by Gasteiger charge is 2.29. The first kappa shape index (κ1) is 24.3. The summed E-state index contributed by atoms with van der Waals surface area (Å²) in [5.74, 6) is -0.762. The number of halogens is 7. The molecular formula is C19H16Cl3F4N5O. The molecule has 0 aliphatic rings. The summed E-state index contributed by atoms with van der Waals surface area (Å²) in [5.41, 5.74) is 0.177. The van der Waals surface area contributed by atoms with Crippen LogP contribution in [-0.2, 0) is 17.9 Å². The predicted molar refractivity (Wildman–Crippen MR) is 113 cm³/mol. The number of amides is 1. The first-order valence-corrected chi connectivity index (χ1v) is 10.2. The number of alkyl halides is 4. The van der Waals surface area contributed by atoms with Crippen LogP contribution in [-0.4, -0.2) is 25.5 Å². The number of nitrogens with one attached hydrogen (secondary N) is 1. The Balaban J connectivity index is 1.81. The molecular weight excluding hydrogens is 497 g/mol. The van der Waals surface area contributed by atoms with Crippen LogP contribution in [0, 0.1) is 13.8 Å². The molecule has 0 radical (unpaired) electrons. The molecule has 0 unspecified atom stereocenters. The summed E-state index contributed by atoms with van der Waals surface area (Å²) < 4.78 is 54.6. The minimum absolute atomic E-state index is 0.292. The number of hydrogen-bond donors (Lipinski definition) is 1. The molecule has 0 spiro atoms. The number of benzene rings is 1. The van der Waals surface area contributed by atoms with Gasteiger partial charge < -0.3 is 5.32 Å². The number of carbonyl (C=O) groups excluding carboxylic acids is 1. The standard InChI is InChI=1S/C19H16Cl3F4N5O/c1-8-15(9(2)30(28-8)6-10-3-4-11(20)5-12(10)21)27-13(32)7-31-17(19(25)26)14(22)16(29-31)18(23)24/h3-5,18-19H,6-7H2,1-2H3,(H,27,32).